The molecule has 3 rings (SSSR count). The van der Waals surface area contributed by atoms with Crippen molar-refractivity contribution in [2.24, 2.45) is 0 Å². The second-order valence-corrected chi connectivity index (χ2v) is 5.53. The molecule has 2 aromatic rings. The van der Waals surface area contributed by atoms with Gasteiger partial charge in [0.2, 0.25) is 0 Å². The quantitative estimate of drug-likeness (QED) is 0.827. The van der Waals surface area contributed by atoms with Crippen molar-refractivity contribution in [2.45, 2.75) is 25.8 Å². The number of aromatic nitrogens is 1. The zero-order valence-electron chi connectivity index (χ0n) is 10.0. The number of ketones is 1. The number of benzene rings is 1. The summed E-state index contributed by atoms with van der Waals surface area (Å²) in [6.45, 7) is 0.823. The van der Waals surface area contributed by atoms with Crippen molar-refractivity contribution in [1.82, 2.24) is 4.57 Å². The van der Waals surface area contributed by atoms with Gasteiger partial charge in [0.1, 0.15) is 0 Å². The molecular weight excluding hydrogens is 290 g/mol. The SMILES string of the molecule is O=C1CCCc2c1ccn2Cc1ccccc1Br. The molecule has 1 aliphatic rings. The molecule has 92 valence electrons. The van der Waals surface area contributed by atoms with Crippen LogP contribution in [-0.4, -0.2) is 10.4 Å². The van der Waals surface area contributed by atoms with Gasteiger partial charge in [-0.3, -0.25) is 4.79 Å². The number of halogens is 1. The molecule has 0 amide bonds. The summed E-state index contributed by atoms with van der Waals surface area (Å²) in [6.07, 6.45) is 4.73. The number of carbonyl (C=O) groups is 1. The molecule has 0 atom stereocenters. The van der Waals surface area contributed by atoms with Crippen molar-refractivity contribution in [1.29, 1.82) is 0 Å². The average molecular weight is 304 g/mol. The maximum Gasteiger partial charge on any atom is 0.164 e. The van der Waals surface area contributed by atoms with Gasteiger partial charge in [-0.15, -0.1) is 0 Å². The number of hydrogen-bond acceptors (Lipinski definition) is 1. The van der Waals surface area contributed by atoms with Gasteiger partial charge in [0.05, 0.1) is 0 Å². The number of hydrogen-bond donors (Lipinski definition) is 0. The summed E-state index contributed by atoms with van der Waals surface area (Å²) < 4.78 is 3.32. The third-order valence-electron chi connectivity index (χ3n) is 3.50. The van der Waals surface area contributed by atoms with E-state index in [1.54, 1.807) is 0 Å². The summed E-state index contributed by atoms with van der Waals surface area (Å²) in [6, 6.07) is 10.2. The first kappa shape index (κ1) is 11.7. The Morgan fingerprint density at radius 2 is 2.00 bits per heavy atom. The van der Waals surface area contributed by atoms with Crippen molar-refractivity contribution >= 4 is 21.7 Å². The van der Waals surface area contributed by atoms with Crippen molar-refractivity contribution in [3.8, 4) is 0 Å². The Bertz CT molecular complexity index is 600. The van der Waals surface area contributed by atoms with Gasteiger partial charge in [-0.2, -0.15) is 0 Å². The maximum atomic E-state index is 11.8. The van der Waals surface area contributed by atoms with E-state index in [-0.39, 0.29) is 0 Å². The van der Waals surface area contributed by atoms with Crippen molar-refractivity contribution in [2.75, 3.05) is 0 Å². The molecule has 1 heterocycles. The van der Waals surface area contributed by atoms with E-state index < -0.39 is 0 Å². The first-order chi connectivity index (χ1) is 8.75. The van der Waals surface area contributed by atoms with Gasteiger partial charge >= 0.3 is 0 Å². The molecule has 0 aliphatic heterocycles. The highest BCUT2D eigenvalue weighted by atomic mass is 79.9. The van der Waals surface area contributed by atoms with Crippen LogP contribution in [0.3, 0.4) is 0 Å². The number of carbonyl (C=O) groups excluding carboxylic acids is 1. The molecule has 2 nitrogen and oxygen atoms in total. The smallest absolute Gasteiger partial charge is 0.164 e. The summed E-state index contributed by atoms with van der Waals surface area (Å²) in [7, 11) is 0. The summed E-state index contributed by atoms with van der Waals surface area (Å²) >= 11 is 3.57. The lowest BCUT2D eigenvalue weighted by molar-refractivity contribution is 0.0972. The summed E-state index contributed by atoms with van der Waals surface area (Å²) in [5, 5.41) is 0. The molecule has 1 aromatic heterocycles. The van der Waals surface area contributed by atoms with E-state index >= 15 is 0 Å². The fraction of sp³-hybridized carbons (Fsp3) is 0.267. The predicted molar refractivity (Wildman–Crippen MR) is 74.9 cm³/mol. The third-order valence-corrected chi connectivity index (χ3v) is 4.27. The number of fused-ring (bicyclic) bond motifs is 1. The van der Waals surface area contributed by atoms with E-state index in [0.29, 0.717) is 12.2 Å². The Hall–Kier alpha value is -1.35. The van der Waals surface area contributed by atoms with Crippen LogP contribution in [-0.2, 0) is 13.0 Å². The average Bonchev–Trinajstić information content (AvgIpc) is 2.77. The molecule has 0 N–H and O–H groups in total. The molecule has 0 saturated carbocycles. The fourth-order valence-corrected chi connectivity index (χ4v) is 2.96. The molecule has 0 unspecified atom stereocenters. The molecule has 0 saturated heterocycles. The van der Waals surface area contributed by atoms with Gasteiger partial charge in [-0.25, -0.2) is 0 Å². The number of rotatable bonds is 2. The summed E-state index contributed by atoms with van der Waals surface area (Å²) in [4.78, 5) is 11.8. The lowest BCUT2D eigenvalue weighted by Gasteiger charge is -2.15. The lowest BCUT2D eigenvalue weighted by atomic mass is 9.97. The molecular formula is C15H14BrNO. The Kier molecular flexibility index (Phi) is 3.08. The zero-order valence-corrected chi connectivity index (χ0v) is 11.6. The largest absolute Gasteiger partial charge is 0.346 e. The Labute approximate surface area is 115 Å². The highest BCUT2D eigenvalue weighted by Gasteiger charge is 2.20. The van der Waals surface area contributed by atoms with Crippen LogP contribution < -0.4 is 0 Å². The minimum atomic E-state index is 0.294. The zero-order chi connectivity index (χ0) is 12.5. The second-order valence-electron chi connectivity index (χ2n) is 4.67. The molecule has 1 aliphatic carbocycles. The molecule has 0 bridgehead atoms. The van der Waals surface area contributed by atoms with Crippen LogP contribution in [0.1, 0.15) is 34.5 Å². The van der Waals surface area contributed by atoms with E-state index in [1.807, 2.05) is 24.4 Å². The van der Waals surface area contributed by atoms with Crippen LogP contribution in [0.25, 0.3) is 0 Å². The van der Waals surface area contributed by atoms with Crippen LogP contribution in [0.15, 0.2) is 41.0 Å². The summed E-state index contributed by atoms with van der Waals surface area (Å²) in [5.74, 6) is 0.294. The highest BCUT2D eigenvalue weighted by Crippen LogP contribution is 2.24. The van der Waals surface area contributed by atoms with E-state index in [0.717, 1.165) is 29.4 Å². The maximum absolute atomic E-state index is 11.8. The second kappa shape index (κ2) is 4.73. The number of nitrogens with zero attached hydrogens (tertiary/aromatic N) is 1. The van der Waals surface area contributed by atoms with Crippen LogP contribution in [0, 0.1) is 0 Å². The van der Waals surface area contributed by atoms with Gasteiger partial charge in [0.25, 0.3) is 0 Å². The topological polar surface area (TPSA) is 22.0 Å². The van der Waals surface area contributed by atoms with E-state index in [1.165, 1.54) is 11.3 Å². The third kappa shape index (κ3) is 2.03. The lowest BCUT2D eigenvalue weighted by Crippen LogP contribution is -2.13. The first-order valence-electron chi connectivity index (χ1n) is 6.20. The first-order valence-corrected chi connectivity index (χ1v) is 6.99. The number of Topliss-reactive ketones (excluding diaryl/α,β-unsaturated/α-hetero) is 1. The normalized spacial score (nSPS) is 14.6. The minimum Gasteiger partial charge on any atom is -0.346 e. The monoisotopic (exact) mass is 303 g/mol. The highest BCUT2D eigenvalue weighted by molar-refractivity contribution is 9.10. The van der Waals surface area contributed by atoms with Gasteiger partial charge < -0.3 is 4.57 Å². The molecule has 0 fully saturated rings. The molecule has 1 aromatic carbocycles. The molecule has 0 radical (unpaired) electrons. The Morgan fingerprint density at radius 3 is 2.83 bits per heavy atom. The van der Waals surface area contributed by atoms with Gasteiger partial charge in [0, 0.05) is 34.9 Å². The van der Waals surface area contributed by atoms with Crippen molar-refractivity contribution in [3.05, 3.63) is 57.8 Å². The van der Waals surface area contributed by atoms with Gasteiger partial charge in [-0.1, -0.05) is 34.1 Å². The van der Waals surface area contributed by atoms with Gasteiger partial charge in [-0.05, 0) is 30.5 Å². The fourth-order valence-electron chi connectivity index (χ4n) is 2.55. The Morgan fingerprint density at radius 1 is 1.17 bits per heavy atom. The molecule has 18 heavy (non-hydrogen) atoms. The van der Waals surface area contributed by atoms with E-state index in [2.05, 4.69) is 32.6 Å². The standard InChI is InChI=1S/C15H14BrNO/c16-13-5-2-1-4-11(13)10-17-9-8-12-14(17)6-3-7-15(12)18/h1-2,4-5,8-9H,3,6-7,10H2. The molecule has 3 heteroatoms. The van der Waals surface area contributed by atoms with Crippen LogP contribution in [0.2, 0.25) is 0 Å². The van der Waals surface area contributed by atoms with E-state index in [4.69, 9.17) is 0 Å². The van der Waals surface area contributed by atoms with E-state index in [9.17, 15) is 4.79 Å². The predicted octanol–water partition coefficient (Wildman–Crippen LogP) is 3.82. The summed E-state index contributed by atoms with van der Waals surface area (Å²) in [5.41, 5.74) is 3.37. The molecule has 0 spiro atoms. The van der Waals surface area contributed by atoms with Crippen LogP contribution >= 0.6 is 15.9 Å². The van der Waals surface area contributed by atoms with Crippen molar-refractivity contribution in [3.63, 3.8) is 0 Å². The van der Waals surface area contributed by atoms with Gasteiger partial charge in [0.15, 0.2) is 5.78 Å². The Balaban J connectivity index is 1.95. The van der Waals surface area contributed by atoms with Crippen LogP contribution in [0.5, 0.6) is 0 Å². The van der Waals surface area contributed by atoms with Crippen molar-refractivity contribution < 1.29 is 4.79 Å². The minimum absolute atomic E-state index is 0.294. The van der Waals surface area contributed by atoms with Crippen LogP contribution in [0.4, 0.5) is 0 Å².